The highest BCUT2D eigenvalue weighted by Gasteiger charge is 2.46. The highest BCUT2D eigenvalue weighted by atomic mass is 15.2. The average Bonchev–Trinajstić information content (AvgIpc) is 3.88. The van der Waals surface area contributed by atoms with Crippen LogP contribution in [-0.4, -0.2) is 0 Å². The van der Waals surface area contributed by atoms with E-state index in [0.29, 0.717) is 0 Å². The average molecular weight is 848 g/mol. The Balaban J connectivity index is 1.10. The minimum atomic E-state index is -0.240. The molecule has 0 atom stereocenters. The molecular formula is C65H53N. The van der Waals surface area contributed by atoms with Gasteiger partial charge in [0, 0.05) is 33.0 Å². The van der Waals surface area contributed by atoms with Crippen molar-refractivity contribution in [2.24, 2.45) is 0 Å². The molecule has 0 N–H and O–H groups in total. The third-order valence-electron chi connectivity index (χ3n) is 17.3. The molecule has 318 valence electrons. The number of anilines is 3. The summed E-state index contributed by atoms with van der Waals surface area (Å²) in [5.41, 5.74) is 29.5. The summed E-state index contributed by atoms with van der Waals surface area (Å²) in [6.07, 6.45) is 0. The van der Waals surface area contributed by atoms with Gasteiger partial charge in [-0.1, -0.05) is 195 Å². The van der Waals surface area contributed by atoms with E-state index in [4.69, 9.17) is 0 Å². The van der Waals surface area contributed by atoms with E-state index in [1.807, 2.05) is 0 Å². The molecule has 4 aliphatic carbocycles. The lowest BCUT2D eigenvalue weighted by atomic mass is 9.74. The van der Waals surface area contributed by atoms with E-state index in [2.05, 4.69) is 230 Å². The fourth-order valence-electron chi connectivity index (χ4n) is 13.9. The van der Waals surface area contributed by atoms with Gasteiger partial charge in [0.05, 0.1) is 17.1 Å². The molecule has 0 fully saturated rings. The molecule has 0 spiro atoms. The number of rotatable bonds is 2. The van der Waals surface area contributed by atoms with Gasteiger partial charge in [0.2, 0.25) is 0 Å². The first-order valence-electron chi connectivity index (χ1n) is 24.0. The summed E-state index contributed by atoms with van der Waals surface area (Å²) in [5, 5.41) is 2.60. The van der Waals surface area contributed by atoms with Crippen LogP contribution in [-0.2, 0) is 21.7 Å². The normalized spacial score (nSPS) is 17.5. The largest absolute Gasteiger partial charge is 0.309 e. The van der Waals surface area contributed by atoms with Crippen molar-refractivity contribution in [1.29, 1.82) is 0 Å². The van der Waals surface area contributed by atoms with Crippen LogP contribution in [0.1, 0.15) is 123 Å². The van der Waals surface area contributed by atoms with E-state index >= 15 is 0 Å². The van der Waals surface area contributed by atoms with Crippen molar-refractivity contribution >= 4 is 27.8 Å². The molecule has 9 aromatic rings. The summed E-state index contributed by atoms with van der Waals surface area (Å²) >= 11 is 0. The highest BCUT2D eigenvalue weighted by molar-refractivity contribution is 6.12. The van der Waals surface area contributed by atoms with Crippen LogP contribution in [0.15, 0.2) is 170 Å². The minimum Gasteiger partial charge on any atom is -0.309 e. The van der Waals surface area contributed by atoms with Gasteiger partial charge in [-0.2, -0.15) is 0 Å². The van der Waals surface area contributed by atoms with Crippen molar-refractivity contribution in [2.75, 3.05) is 4.90 Å². The predicted molar refractivity (Wildman–Crippen MR) is 276 cm³/mol. The van der Waals surface area contributed by atoms with E-state index in [0.717, 1.165) is 0 Å². The maximum atomic E-state index is 2.70. The predicted octanol–water partition coefficient (Wildman–Crippen LogP) is 17.0. The van der Waals surface area contributed by atoms with Gasteiger partial charge in [0.15, 0.2) is 0 Å². The first-order valence-corrected chi connectivity index (χ1v) is 24.0. The molecule has 1 heterocycles. The zero-order valence-electron chi connectivity index (χ0n) is 39.2. The Morgan fingerprint density at radius 3 is 1.23 bits per heavy atom. The molecular weight excluding hydrogens is 795 g/mol. The molecule has 0 aromatic heterocycles. The van der Waals surface area contributed by atoms with Gasteiger partial charge in [-0.25, -0.2) is 0 Å². The summed E-state index contributed by atoms with van der Waals surface area (Å²) in [4.78, 5) is 2.70. The Kier molecular flexibility index (Phi) is 7.24. The van der Waals surface area contributed by atoms with Crippen molar-refractivity contribution in [3.8, 4) is 44.5 Å². The van der Waals surface area contributed by atoms with E-state index in [-0.39, 0.29) is 27.6 Å². The van der Waals surface area contributed by atoms with Gasteiger partial charge >= 0.3 is 0 Å². The summed E-state index contributed by atoms with van der Waals surface area (Å²) in [6.45, 7) is 19.4. The van der Waals surface area contributed by atoms with Crippen LogP contribution in [0.5, 0.6) is 0 Å². The van der Waals surface area contributed by atoms with Crippen LogP contribution in [0.25, 0.3) is 55.3 Å². The molecule has 1 aliphatic heterocycles. The molecule has 1 nitrogen and oxygen atoms in total. The first-order chi connectivity index (χ1) is 31.8. The van der Waals surface area contributed by atoms with Crippen LogP contribution < -0.4 is 4.90 Å². The molecule has 66 heavy (non-hydrogen) atoms. The van der Waals surface area contributed by atoms with Crippen LogP contribution in [0, 0.1) is 0 Å². The summed E-state index contributed by atoms with van der Waals surface area (Å²) in [5.74, 6) is 0.0390. The van der Waals surface area contributed by atoms with E-state index in [9.17, 15) is 0 Å². The number of fused-ring (bicyclic) bond motifs is 16. The summed E-state index contributed by atoms with van der Waals surface area (Å²) in [6, 6.07) is 66.1. The zero-order valence-corrected chi connectivity index (χ0v) is 39.2. The van der Waals surface area contributed by atoms with Crippen LogP contribution >= 0.6 is 0 Å². The third-order valence-corrected chi connectivity index (χ3v) is 17.3. The molecule has 0 unspecified atom stereocenters. The van der Waals surface area contributed by atoms with Crippen LogP contribution in [0.3, 0.4) is 0 Å². The Hall–Kier alpha value is -6.96. The molecule has 0 saturated carbocycles. The molecule has 0 bridgehead atoms. The number of nitrogens with zero attached hydrogens (tertiary/aromatic N) is 1. The minimum absolute atomic E-state index is 0.0390. The lowest BCUT2D eigenvalue weighted by Crippen LogP contribution is -2.25. The molecule has 0 radical (unpaired) electrons. The second kappa shape index (κ2) is 12.5. The highest BCUT2D eigenvalue weighted by Crippen LogP contribution is 2.63. The van der Waals surface area contributed by atoms with Gasteiger partial charge in [-0.15, -0.1) is 0 Å². The third kappa shape index (κ3) is 4.61. The summed E-state index contributed by atoms with van der Waals surface area (Å²) < 4.78 is 0. The van der Waals surface area contributed by atoms with Gasteiger partial charge in [-0.05, 0) is 141 Å². The van der Waals surface area contributed by atoms with Gasteiger partial charge in [-0.3, -0.25) is 0 Å². The van der Waals surface area contributed by atoms with Gasteiger partial charge < -0.3 is 4.90 Å². The lowest BCUT2D eigenvalue weighted by molar-refractivity contribution is 0.652. The van der Waals surface area contributed by atoms with Crippen molar-refractivity contribution in [3.63, 3.8) is 0 Å². The van der Waals surface area contributed by atoms with Crippen LogP contribution in [0.4, 0.5) is 17.1 Å². The van der Waals surface area contributed by atoms with Crippen LogP contribution in [0.2, 0.25) is 0 Å². The zero-order chi connectivity index (χ0) is 44.8. The quantitative estimate of drug-likeness (QED) is 0.168. The Labute approximate surface area is 389 Å². The molecule has 0 saturated heterocycles. The Morgan fingerprint density at radius 2 is 0.697 bits per heavy atom. The monoisotopic (exact) mass is 847 g/mol. The fourth-order valence-corrected chi connectivity index (χ4v) is 13.9. The molecule has 0 amide bonds. The Bertz CT molecular complexity index is 3530. The SMILES string of the molecule is CC1(C)c2ccccc2-c2cc3c(cc21)-c1c(cc(N2c4cc5c(cc4C(c4ccccc4)c4cc6c(cc42)-c2ccccc2C6(C)C)C(C)(C)c2ccccc2-5)c2ccccc12)C3(C)C. The Morgan fingerprint density at radius 1 is 0.303 bits per heavy atom. The van der Waals surface area contributed by atoms with Gasteiger partial charge in [0.25, 0.3) is 0 Å². The molecule has 1 heteroatoms. The van der Waals surface area contributed by atoms with E-state index in [1.165, 1.54) is 134 Å². The standard InChI is InChI=1S/C65H53N/c1-62(2)49-27-17-14-22-38(49)43-30-55-46(31-52(43)62)61-42-26-13-12-25-41(42)59(36-56(61)65(55,7)8)66-57-34-44-39-23-15-18-28-50(39)63(3,4)53(44)32-47(57)60(37-20-10-9-11-21-37)48-33-54-45(35-58(48)66)40-24-16-19-29-51(40)64(54,5)6/h9-36,60H,1-8H3. The molecule has 14 rings (SSSR count). The van der Waals surface area contributed by atoms with E-state index < -0.39 is 0 Å². The lowest BCUT2D eigenvalue weighted by Gasteiger charge is -2.41. The first kappa shape index (κ1) is 38.3. The van der Waals surface area contributed by atoms with Crippen molar-refractivity contribution in [2.45, 2.75) is 83.0 Å². The number of hydrogen-bond acceptors (Lipinski definition) is 1. The van der Waals surface area contributed by atoms with E-state index in [1.54, 1.807) is 0 Å². The fraction of sp³-hybridized carbons (Fsp3) is 0.200. The molecule has 5 aliphatic rings. The van der Waals surface area contributed by atoms with Crippen molar-refractivity contribution in [3.05, 3.63) is 231 Å². The number of hydrogen-bond donors (Lipinski definition) is 0. The topological polar surface area (TPSA) is 3.24 Å². The number of benzene rings is 9. The van der Waals surface area contributed by atoms with Crippen molar-refractivity contribution in [1.82, 2.24) is 0 Å². The second-order valence-corrected chi connectivity index (χ2v) is 22.0. The second-order valence-electron chi connectivity index (χ2n) is 22.0. The van der Waals surface area contributed by atoms with Gasteiger partial charge in [0.1, 0.15) is 0 Å². The molecule has 9 aromatic carbocycles. The smallest absolute Gasteiger partial charge is 0.0543 e. The van der Waals surface area contributed by atoms with Crippen molar-refractivity contribution < 1.29 is 0 Å². The maximum Gasteiger partial charge on any atom is 0.0543 e. The maximum absolute atomic E-state index is 2.70. The summed E-state index contributed by atoms with van der Waals surface area (Å²) in [7, 11) is 0.